The summed E-state index contributed by atoms with van der Waals surface area (Å²) in [6, 6.07) is 9.71. The number of benzene rings is 1. The second-order valence-electron chi connectivity index (χ2n) is 3.34. The average molecular weight is 230 g/mol. The zero-order valence-corrected chi connectivity index (χ0v) is 9.32. The molecule has 1 aromatic heterocycles. The number of anilines is 1. The Balaban J connectivity index is 2.10. The maximum absolute atomic E-state index is 5.35. The van der Waals surface area contributed by atoms with Crippen molar-refractivity contribution in [1.82, 2.24) is 20.2 Å². The van der Waals surface area contributed by atoms with Gasteiger partial charge in [-0.2, -0.15) is 4.68 Å². The molecule has 6 nitrogen and oxygen atoms in total. The number of hydrogen-bond acceptors (Lipinski definition) is 5. The molecule has 2 aromatic rings. The highest BCUT2D eigenvalue weighted by Gasteiger charge is 2.05. The van der Waals surface area contributed by atoms with Crippen LogP contribution in [0.3, 0.4) is 0 Å². The fourth-order valence-corrected chi connectivity index (χ4v) is 1.37. The topological polar surface area (TPSA) is 81.7 Å². The molecule has 0 aliphatic rings. The Hall–Kier alpha value is -2.21. The van der Waals surface area contributed by atoms with Crippen LogP contribution < -0.4 is 11.1 Å². The van der Waals surface area contributed by atoms with Crippen LogP contribution in [0.1, 0.15) is 0 Å². The van der Waals surface area contributed by atoms with Crippen molar-refractivity contribution in [3.63, 3.8) is 0 Å². The van der Waals surface area contributed by atoms with E-state index in [9.17, 15) is 0 Å². The van der Waals surface area contributed by atoms with E-state index in [2.05, 4.69) is 20.8 Å². The minimum absolute atomic E-state index is 0.533. The molecule has 0 aliphatic heterocycles. The van der Waals surface area contributed by atoms with E-state index in [0.717, 1.165) is 5.69 Å². The van der Waals surface area contributed by atoms with Crippen LogP contribution in [0.2, 0.25) is 0 Å². The standard InChI is InChI=1S/C11H14N6/c12-8-4-5-9-13-11-14-15-16-17(11)10-6-2-1-3-7-10/h1-7H,8-9,12H2,(H,13,14,16)/b5-4+. The van der Waals surface area contributed by atoms with Gasteiger partial charge in [0.1, 0.15) is 0 Å². The number of nitrogens with one attached hydrogen (secondary N) is 1. The SMILES string of the molecule is NC/C=C/CNc1nnnn1-c1ccccc1. The molecule has 0 unspecified atom stereocenters. The molecule has 0 fully saturated rings. The second-order valence-corrected chi connectivity index (χ2v) is 3.34. The van der Waals surface area contributed by atoms with Crippen molar-refractivity contribution in [2.45, 2.75) is 0 Å². The summed E-state index contributed by atoms with van der Waals surface area (Å²) < 4.78 is 1.65. The molecule has 0 atom stereocenters. The van der Waals surface area contributed by atoms with Crippen LogP contribution in [0.25, 0.3) is 5.69 Å². The molecule has 17 heavy (non-hydrogen) atoms. The van der Waals surface area contributed by atoms with Crippen LogP contribution >= 0.6 is 0 Å². The van der Waals surface area contributed by atoms with Crippen LogP contribution in [0.4, 0.5) is 5.95 Å². The number of hydrogen-bond donors (Lipinski definition) is 2. The van der Waals surface area contributed by atoms with Gasteiger partial charge in [-0.05, 0) is 22.6 Å². The lowest BCUT2D eigenvalue weighted by Gasteiger charge is -2.04. The Morgan fingerprint density at radius 3 is 2.82 bits per heavy atom. The molecule has 0 saturated carbocycles. The summed E-state index contributed by atoms with van der Waals surface area (Å²) in [6.45, 7) is 1.18. The summed E-state index contributed by atoms with van der Waals surface area (Å²) in [7, 11) is 0. The van der Waals surface area contributed by atoms with Crippen LogP contribution in [0.15, 0.2) is 42.5 Å². The van der Waals surface area contributed by atoms with E-state index in [1.54, 1.807) is 4.68 Å². The predicted molar refractivity (Wildman–Crippen MR) is 65.8 cm³/mol. The van der Waals surface area contributed by atoms with Gasteiger partial charge in [0.05, 0.1) is 5.69 Å². The minimum Gasteiger partial charge on any atom is -0.349 e. The highest BCUT2D eigenvalue weighted by atomic mass is 15.6. The number of nitrogens with two attached hydrogens (primary N) is 1. The molecule has 0 spiro atoms. The maximum Gasteiger partial charge on any atom is 0.248 e. The van der Waals surface area contributed by atoms with Gasteiger partial charge in [0.15, 0.2) is 0 Å². The lowest BCUT2D eigenvalue weighted by Crippen LogP contribution is -2.07. The molecular formula is C11H14N6. The molecule has 1 aromatic carbocycles. The van der Waals surface area contributed by atoms with E-state index in [1.165, 1.54) is 0 Å². The van der Waals surface area contributed by atoms with E-state index in [0.29, 0.717) is 19.0 Å². The maximum atomic E-state index is 5.35. The molecule has 0 aliphatic carbocycles. The Labute approximate surface area is 99.1 Å². The first-order chi connectivity index (χ1) is 8.42. The molecule has 0 saturated heterocycles. The van der Waals surface area contributed by atoms with E-state index in [4.69, 9.17) is 5.73 Å². The van der Waals surface area contributed by atoms with Gasteiger partial charge in [-0.15, -0.1) is 0 Å². The van der Waals surface area contributed by atoms with Crippen LogP contribution in [-0.4, -0.2) is 33.3 Å². The molecule has 6 heteroatoms. The lowest BCUT2D eigenvalue weighted by atomic mass is 10.3. The first-order valence-electron chi connectivity index (χ1n) is 5.34. The molecule has 0 amide bonds. The summed E-state index contributed by atoms with van der Waals surface area (Å²) in [6.07, 6.45) is 3.81. The van der Waals surface area contributed by atoms with Gasteiger partial charge in [-0.3, -0.25) is 0 Å². The van der Waals surface area contributed by atoms with Crippen molar-refractivity contribution in [1.29, 1.82) is 0 Å². The average Bonchev–Trinajstić information content (AvgIpc) is 2.84. The summed E-state index contributed by atoms with van der Waals surface area (Å²) in [5.74, 6) is 0.609. The van der Waals surface area contributed by atoms with E-state index in [-0.39, 0.29) is 0 Å². The number of aromatic nitrogens is 4. The van der Waals surface area contributed by atoms with Crippen molar-refractivity contribution in [2.75, 3.05) is 18.4 Å². The normalized spacial score (nSPS) is 10.9. The Bertz CT molecular complexity index is 476. The third kappa shape index (κ3) is 2.88. The molecule has 0 radical (unpaired) electrons. The zero-order valence-electron chi connectivity index (χ0n) is 9.32. The summed E-state index contributed by atoms with van der Waals surface area (Å²) in [5, 5.41) is 14.6. The van der Waals surface area contributed by atoms with Crippen LogP contribution in [0.5, 0.6) is 0 Å². The van der Waals surface area contributed by atoms with Crippen LogP contribution in [0, 0.1) is 0 Å². The highest BCUT2D eigenvalue weighted by Crippen LogP contribution is 2.09. The molecule has 0 bridgehead atoms. The smallest absolute Gasteiger partial charge is 0.248 e. The fourth-order valence-electron chi connectivity index (χ4n) is 1.37. The van der Waals surface area contributed by atoms with Crippen molar-refractivity contribution in [3.8, 4) is 5.69 Å². The summed E-state index contributed by atoms with van der Waals surface area (Å²) in [4.78, 5) is 0. The van der Waals surface area contributed by atoms with Gasteiger partial charge in [0, 0.05) is 13.1 Å². The highest BCUT2D eigenvalue weighted by molar-refractivity contribution is 5.38. The van der Waals surface area contributed by atoms with Gasteiger partial charge in [-0.25, -0.2) is 0 Å². The predicted octanol–water partition coefficient (Wildman–Crippen LogP) is 0.589. The number of tetrazole rings is 1. The first-order valence-corrected chi connectivity index (χ1v) is 5.34. The van der Waals surface area contributed by atoms with E-state index < -0.39 is 0 Å². The number of nitrogens with zero attached hydrogens (tertiary/aromatic N) is 4. The van der Waals surface area contributed by atoms with Gasteiger partial charge in [0.25, 0.3) is 0 Å². The molecule has 2 rings (SSSR count). The van der Waals surface area contributed by atoms with Crippen molar-refractivity contribution >= 4 is 5.95 Å². The van der Waals surface area contributed by atoms with Gasteiger partial charge in [-0.1, -0.05) is 35.4 Å². The van der Waals surface area contributed by atoms with Crippen molar-refractivity contribution in [2.24, 2.45) is 5.73 Å². The van der Waals surface area contributed by atoms with Crippen LogP contribution in [-0.2, 0) is 0 Å². The van der Waals surface area contributed by atoms with Crippen molar-refractivity contribution in [3.05, 3.63) is 42.5 Å². The molecule has 3 N–H and O–H groups in total. The van der Waals surface area contributed by atoms with E-state index >= 15 is 0 Å². The number of rotatable bonds is 5. The Morgan fingerprint density at radius 2 is 2.06 bits per heavy atom. The lowest BCUT2D eigenvalue weighted by molar-refractivity contribution is 0.790. The Morgan fingerprint density at radius 1 is 1.24 bits per heavy atom. The fraction of sp³-hybridized carbons (Fsp3) is 0.182. The summed E-state index contributed by atoms with van der Waals surface area (Å²) in [5.41, 5.74) is 6.27. The molecule has 88 valence electrons. The number of para-hydroxylation sites is 1. The Kier molecular flexibility index (Phi) is 3.82. The minimum atomic E-state index is 0.533. The largest absolute Gasteiger partial charge is 0.349 e. The quantitative estimate of drug-likeness (QED) is 0.735. The van der Waals surface area contributed by atoms with Gasteiger partial charge >= 0.3 is 0 Å². The first kappa shape index (κ1) is 11.3. The summed E-state index contributed by atoms with van der Waals surface area (Å²) >= 11 is 0. The van der Waals surface area contributed by atoms with Gasteiger partial charge < -0.3 is 11.1 Å². The zero-order chi connectivity index (χ0) is 11.9. The van der Waals surface area contributed by atoms with E-state index in [1.807, 2.05) is 42.5 Å². The van der Waals surface area contributed by atoms with Gasteiger partial charge in [0.2, 0.25) is 5.95 Å². The molecular weight excluding hydrogens is 216 g/mol. The van der Waals surface area contributed by atoms with Crippen molar-refractivity contribution < 1.29 is 0 Å². The third-order valence-corrected chi connectivity index (χ3v) is 2.15. The third-order valence-electron chi connectivity index (χ3n) is 2.15. The second kappa shape index (κ2) is 5.76. The monoisotopic (exact) mass is 230 g/mol. The molecule has 1 heterocycles.